The third-order valence-electron chi connectivity index (χ3n) is 8.23. The Balaban J connectivity index is 1.34. The lowest BCUT2D eigenvalue weighted by molar-refractivity contribution is 1.07. The standard InChI is InChI=1S/C45H30N4/c1-4-12-31(13-5-1)33-20-24-35(25-21-33)43-46-44(36-26-22-34(23-27-36)32-14-6-2-7-15-32)48-45(47-43)37-28-29-42-40(30-37)39-18-10-11-19-41(39)49(42)38-16-8-3-9-17-38/h1-30H/i3D,8D,9D,10D,11D,16D,17D,18D,19D,28D,29D,30D. The number of benzene rings is 7. The second-order valence-corrected chi connectivity index (χ2v) is 11.2. The maximum Gasteiger partial charge on any atom is 0.164 e. The van der Waals surface area contributed by atoms with Gasteiger partial charge in [-0.25, -0.2) is 15.0 Å². The van der Waals surface area contributed by atoms with Gasteiger partial charge in [-0.3, -0.25) is 0 Å². The molecule has 2 heterocycles. The molecule has 0 aliphatic rings. The van der Waals surface area contributed by atoms with Crippen LogP contribution in [0.1, 0.15) is 16.4 Å². The monoisotopic (exact) mass is 638 g/mol. The Morgan fingerprint density at radius 2 is 0.816 bits per heavy atom. The van der Waals surface area contributed by atoms with E-state index in [1.54, 1.807) is 0 Å². The molecule has 0 N–H and O–H groups in total. The van der Waals surface area contributed by atoms with Gasteiger partial charge < -0.3 is 4.57 Å². The van der Waals surface area contributed by atoms with Gasteiger partial charge in [0.2, 0.25) is 0 Å². The number of hydrogen-bond acceptors (Lipinski definition) is 3. The number of aromatic nitrogens is 4. The summed E-state index contributed by atoms with van der Waals surface area (Å²) in [6, 6.07) is 26.9. The van der Waals surface area contributed by atoms with Crippen LogP contribution in [0.15, 0.2) is 182 Å². The Bertz CT molecular complexity index is 3120. The van der Waals surface area contributed by atoms with Crippen LogP contribution in [-0.2, 0) is 0 Å². The van der Waals surface area contributed by atoms with Gasteiger partial charge in [-0.15, -0.1) is 0 Å². The molecule has 0 bridgehead atoms. The van der Waals surface area contributed by atoms with Crippen LogP contribution in [0.2, 0.25) is 0 Å². The highest BCUT2D eigenvalue weighted by Crippen LogP contribution is 2.35. The molecule has 0 aliphatic heterocycles. The van der Waals surface area contributed by atoms with Gasteiger partial charge in [-0.2, -0.15) is 0 Å². The Labute approximate surface area is 301 Å². The highest BCUT2D eigenvalue weighted by Gasteiger charge is 2.17. The van der Waals surface area contributed by atoms with Gasteiger partial charge >= 0.3 is 0 Å². The van der Waals surface area contributed by atoms with Crippen molar-refractivity contribution in [3.8, 4) is 62.1 Å². The molecule has 230 valence electrons. The van der Waals surface area contributed by atoms with E-state index < -0.39 is 78.2 Å². The number of para-hydroxylation sites is 2. The lowest BCUT2D eigenvalue weighted by atomic mass is 10.0. The molecular weight excluding hydrogens is 597 g/mol. The summed E-state index contributed by atoms with van der Waals surface area (Å²) >= 11 is 0. The van der Waals surface area contributed by atoms with E-state index in [1.807, 2.05) is 109 Å². The topological polar surface area (TPSA) is 43.6 Å². The van der Waals surface area contributed by atoms with E-state index in [2.05, 4.69) is 0 Å². The summed E-state index contributed by atoms with van der Waals surface area (Å²) in [7, 11) is 0. The zero-order valence-corrected chi connectivity index (χ0v) is 25.7. The molecule has 2 aromatic heterocycles. The van der Waals surface area contributed by atoms with Crippen LogP contribution in [0.4, 0.5) is 0 Å². The van der Waals surface area contributed by atoms with Crippen LogP contribution in [0.25, 0.3) is 83.9 Å². The van der Waals surface area contributed by atoms with E-state index in [-0.39, 0.29) is 44.8 Å². The van der Waals surface area contributed by atoms with Crippen molar-refractivity contribution in [3.63, 3.8) is 0 Å². The number of hydrogen-bond donors (Lipinski definition) is 0. The smallest absolute Gasteiger partial charge is 0.164 e. The van der Waals surface area contributed by atoms with E-state index in [9.17, 15) is 4.11 Å². The van der Waals surface area contributed by atoms with E-state index in [4.69, 9.17) is 27.3 Å². The number of nitrogens with zero attached hydrogens (tertiary/aromatic N) is 4. The minimum atomic E-state index is -0.717. The van der Waals surface area contributed by atoms with Crippen LogP contribution in [0.5, 0.6) is 0 Å². The molecule has 4 heteroatoms. The normalized spacial score (nSPS) is 14.7. The molecule has 0 radical (unpaired) electrons. The zero-order valence-electron chi connectivity index (χ0n) is 37.7. The molecule has 0 spiro atoms. The quantitative estimate of drug-likeness (QED) is 0.182. The molecule has 0 aliphatic carbocycles. The lowest BCUT2D eigenvalue weighted by Crippen LogP contribution is -2.00. The molecule has 9 rings (SSSR count). The third-order valence-corrected chi connectivity index (χ3v) is 8.23. The minimum absolute atomic E-state index is 0.158. The van der Waals surface area contributed by atoms with Crippen molar-refractivity contribution in [3.05, 3.63) is 182 Å². The predicted molar refractivity (Wildman–Crippen MR) is 201 cm³/mol. The molecular formula is C45H30N4. The van der Waals surface area contributed by atoms with Crippen LogP contribution in [0, 0.1) is 0 Å². The van der Waals surface area contributed by atoms with Gasteiger partial charge in [-0.05, 0) is 58.5 Å². The van der Waals surface area contributed by atoms with Crippen molar-refractivity contribution in [2.24, 2.45) is 0 Å². The van der Waals surface area contributed by atoms with Crippen molar-refractivity contribution >= 4 is 21.8 Å². The first-order valence-electron chi connectivity index (χ1n) is 21.5. The van der Waals surface area contributed by atoms with Crippen LogP contribution in [-0.4, -0.2) is 19.5 Å². The van der Waals surface area contributed by atoms with Crippen LogP contribution < -0.4 is 0 Å². The maximum atomic E-state index is 9.72. The molecule has 0 amide bonds. The summed E-state index contributed by atoms with van der Waals surface area (Å²) < 4.78 is 107. The number of rotatable bonds is 6. The van der Waals surface area contributed by atoms with Crippen molar-refractivity contribution in [1.82, 2.24) is 19.5 Å². The fourth-order valence-corrected chi connectivity index (χ4v) is 5.84. The van der Waals surface area contributed by atoms with Crippen LogP contribution in [0.3, 0.4) is 0 Å². The largest absolute Gasteiger partial charge is 0.309 e. The van der Waals surface area contributed by atoms with Crippen LogP contribution >= 0.6 is 0 Å². The zero-order chi connectivity index (χ0) is 43.0. The third kappa shape index (κ3) is 5.35. The van der Waals surface area contributed by atoms with Crippen molar-refractivity contribution in [2.45, 2.75) is 0 Å². The van der Waals surface area contributed by atoms with Gasteiger partial charge in [0, 0.05) is 33.2 Å². The summed E-state index contributed by atoms with van der Waals surface area (Å²) in [6.07, 6.45) is 0. The van der Waals surface area contributed by atoms with Gasteiger partial charge in [0.05, 0.1) is 27.5 Å². The predicted octanol–water partition coefficient (Wildman–Crippen LogP) is 11.3. The highest BCUT2D eigenvalue weighted by atomic mass is 15.0. The SMILES string of the molecule is [2H]c1c([2H])c([2H])c(-n2c3c([2H])c([2H])c([2H])c([2H])c3c3c([2H])c(-c4nc(-c5ccc(-c6ccccc6)cc5)nc(-c5ccc(-c6ccccc6)cc5)n4)c([2H])c([2H])c32)c([2H])c1[2H]. The summed E-state index contributed by atoms with van der Waals surface area (Å²) in [6.45, 7) is 0. The molecule has 0 unspecified atom stereocenters. The second kappa shape index (κ2) is 12.2. The fraction of sp³-hybridized carbons (Fsp3) is 0. The van der Waals surface area contributed by atoms with E-state index in [0.29, 0.717) is 11.1 Å². The minimum Gasteiger partial charge on any atom is -0.309 e. The Kier molecular flexibility index (Phi) is 4.63. The summed E-state index contributed by atoms with van der Waals surface area (Å²) in [5, 5.41) is -0.456. The van der Waals surface area contributed by atoms with Gasteiger partial charge in [0.1, 0.15) is 0 Å². The van der Waals surface area contributed by atoms with Gasteiger partial charge in [0.25, 0.3) is 0 Å². The average Bonchev–Trinajstić information content (AvgIpc) is 3.65. The molecule has 0 saturated heterocycles. The Morgan fingerprint density at radius 3 is 1.39 bits per heavy atom. The highest BCUT2D eigenvalue weighted by molar-refractivity contribution is 6.10. The van der Waals surface area contributed by atoms with Crippen molar-refractivity contribution in [1.29, 1.82) is 0 Å². The lowest BCUT2D eigenvalue weighted by Gasteiger charge is -2.10. The van der Waals surface area contributed by atoms with Crippen molar-refractivity contribution < 1.29 is 16.4 Å². The molecule has 4 nitrogen and oxygen atoms in total. The molecule has 9 aromatic rings. The summed E-state index contributed by atoms with van der Waals surface area (Å²) in [4.78, 5) is 14.4. The second-order valence-electron chi connectivity index (χ2n) is 11.2. The van der Waals surface area contributed by atoms with Crippen molar-refractivity contribution in [2.75, 3.05) is 0 Å². The molecule has 0 fully saturated rings. The van der Waals surface area contributed by atoms with E-state index >= 15 is 0 Å². The fourth-order valence-electron chi connectivity index (χ4n) is 5.84. The molecule has 49 heavy (non-hydrogen) atoms. The van der Waals surface area contributed by atoms with E-state index in [0.717, 1.165) is 26.8 Å². The average molecular weight is 639 g/mol. The molecule has 0 saturated carbocycles. The first-order chi connectivity index (χ1) is 29.3. The first kappa shape index (κ1) is 18.6. The maximum absolute atomic E-state index is 9.72. The summed E-state index contributed by atoms with van der Waals surface area (Å²) in [5.41, 5.74) is 3.68. The number of fused-ring (bicyclic) bond motifs is 3. The van der Waals surface area contributed by atoms with E-state index in [1.165, 1.54) is 0 Å². The first-order valence-corrected chi connectivity index (χ1v) is 15.5. The van der Waals surface area contributed by atoms with Gasteiger partial charge in [-0.1, -0.05) is 145 Å². The Hall–Kier alpha value is -6.65. The Morgan fingerprint density at radius 1 is 0.367 bits per heavy atom. The molecule has 7 aromatic carbocycles. The summed E-state index contributed by atoms with van der Waals surface area (Å²) in [5.74, 6) is 0.232. The molecule has 0 atom stereocenters. The van der Waals surface area contributed by atoms with Gasteiger partial charge in [0.15, 0.2) is 17.5 Å².